The highest BCUT2D eigenvalue weighted by atomic mass is 16.7. The van der Waals surface area contributed by atoms with Crippen LogP contribution >= 0.6 is 0 Å². The molecule has 0 spiro atoms. The van der Waals surface area contributed by atoms with Crippen molar-refractivity contribution in [2.75, 3.05) is 13.4 Å². The molecule has 3 rings (SSSR count). The summed E-state index contributed by atoms with van der Waals surface area (Å²) >= 11 is 0. The SMILES string of the molecule is O=C1C[C@@H](Cc2ccc3c(c2)OCO3)CO1. The number of hydrogen-bond acceptors (Lipinski definition) is 4. The summed E-state index contributed by atoms with van der Waals surface area (Å²) in [7, 11) is 0. The van der Waals surface area contributed by atoms with Crippen molar-refractivity contribution in [2.45, 2.75) is 12.8 Å². The van der Waals surface area contributed by atoms with Gasteiger partial charge in [0.15, 0.2) is 11.5 Å². The maximum atomic E-state index is 11.0. The van der Waals surface area contributed by atoms with Gasteiger partial charge in [-0.1, -0.05) is 6.07 Å². The van der Waals surface area contributed by atoms with Gasteiger partial charge < -0.3 is 14.2 Å². The number of cyclic esters (lactones) is 1. The van der Waals surface area contributed by atoms with Crippen LogP contribution in [-0.4, -0.2) is 19.4 Å². The second-order valence-electron chi connectivity index (χ2n) is 4.14. The molecular formula is C12H12O4. The van der Waals surface area contributed by atoms with Crippen molar-refractivity contribution in [3.8, 4) is 11.5 Å². The average Bonchev–Trinajstić information content (AvgIpc) is 2.87. The molecular weight excluding hydrogens is 208 g/mol. The minimum Gasteiger partial charge on any atom is -0.465 e. The van der Waals surface area contributed by atoms with Crippen LogP contribution in [0.5, 0.6) is 11.5 Å². The van der Waals surface area contributed by atoms with Gasteiger partial charge in [0.1, 0.15) is 0 Å². The van der Waals surface area contributed by atoms with Crippen LogP contribution in [0.2, 0.25) is 0 Å². The predicted octanol–water partition coefficient (Wildman–Crippen LogP) is 1.52. The molecule has 84 valence electrons. The van der Waals surface area contributed by atoms with E-state index in [0.717, 1.165) is 23.5 Å². The molecule has 1 atom stereocenters. The molecule has 0 aliphatic carbocycles. The summed E-state index contributed by atoms with van der Waals surface area (Å²) in [5.74, 6) is 1.80. The lowest BCUT2D eigenvalue weighted by Gasteiger charge is -2.06. The van der Waals surface area contributed by atoms with Crippen LogP contribution in [0.15, 0.2) is 18.2 Å². The van der Waals surface area contributed by atoms with Gasteiger partial charge in [0, 0.05) is 5.92 Å². The second kappa shape index (κ2) is 3.70. The Hall–Kier alpha value is -1.71. The molecule has 0 amide bonds. The number of carbonyl (C=O) groups excluding carboxylic acids is 1. The van der Waals surface area contributed by atoms with E-state index in [9.17, 15) is 4.79 Å². The van der Waals surface area contributed by atoms with Crippen molar-refractivity contribution in [3.05, 3.63) is 23.8 Å². The summed E-state index contributed by atoms with van der Waals surface area (Å²) < 4.78 is 15.5. The third-order valence-electron chi connectivity index (χ3n) is 2.90. The number of carbonyl (C=O) groups is 1. The number of ether oxygens (including phenoxy) is 3. The quantitative estimate of drug-likeness (QED) is 0.709. The van der Waals surface area contributed by atoms with Crippen LogP contribution < -0.4 is 9.47 Å². The molecule has 1 aromatic rings. The third-order valence-corrected chi connectivity index (χ3v) is 2.90. The average molecular weight is 220 g/mol. The Bertz CT molecular complexity index is 427. The molecule has 1 fully saturated rings. The summed E-state index contributed by atoms with van der Waals surface area (Å²) in [6.45, 7) is 0.830. The normalized spacial score (nSPS) is 22.2. The Balaban J connectivity index is 1.73. The van der Waals surface area contributed by atoms with Crippen molar-refractivity contribution in [2.24, 2.45) is 5.92 Å². The van der Waals surface area contributed by atoms with Gasteiger partial charge in [0.2, 0.25) is 6.79 Å². The first-order valence-electron chi connectivity index (χ1n) is 5.35. The van der Waals surface area contributed by atoms with Crippen LogP contribution in [0, 0.1) is 5.92 Å². The van der Waals surface area contributed by atoms with E-state index in [2.05, 4.69) is 0 Å². The Kier molecular flexibility index (Phi) is 2.20. The van der Waals surface area contributed by atoms with Gasteiger partial charge in [0.05, 0.1) is 13.0 Å². The van der Waals surface area contributed by atoms with E-state index in [1.807, 2.05) is 18.2 Å². The van der Waals surface area contributed by atoms with E-state index in [1.165, 1.54) is 0 Å². The molecule has 2 heterocycles. The van der Waals surface area contributed by atoms with E-state index < -0.39 is 0 Å². The minimum absolute atomic E-state index is 0.0919. The highest BCUT2D eigenvalue weighted by Gasteiger charge is 2.24. The first kappa shape index (κ1) is 9.51. The summed E-state index contributed by atoms with van der Waals surface area (Å²) in [5, 5.41) is 0. The number of fused-ring (bicyclic) bond motifs is 1. The summed E-state index contributed by atoms with van der Waals surface area (Å²) in [6, 6.07) is 5.90. The van der Waals surface area contributed by atoms with Crippen molar-refractivity contribution >= 4 is 5.97 Å². The van der Waals surface area contributed by atoms with E-state index in [4.69, 9.17) is 14.2 Å². The van der Waals surface area contributed by atoms with Crippen molar-refractivity contribution in [1.82, 2.24) is 0 Å². The van der Waals surface area contributed by atoms with Crippen LogP contribution in [0.3, 0.4) is 0 Å². The predicted molar refractivity (Wildman–Crippen MR) is 55.3 cm³/mol. The van der Waals surface area contributed by atoms with Gasteiger partial charge >= 0.3 is 5.97 Å². The van der Waals surface area contributed by atoms with E-state index in [0.29, 0.717) is 25.7 Å². The van der Waals surface area contributed by atoms with Crippen LogP contribution in [0.1, 0.15) is 12.0 Å². The third kappa shape index (κ3) is 1.71. The lowest BCUT2D eigenvalue weighted by Crippen LogP contribution is -2.03. The van der Waals surface area contributed by atoms with Gasteiger partial charge in [-0.05, 0) is 24.1 Å². The second-order valence-corrected chi connectivity index (χ2v) is 4.14. The molecule has 2 aliphatic heterocycles. The van der Waals surface area contributed by atoms with Crippen molar-refractivity contribution in [1.29, 1.82) is 0 Å². The molecule has 0 aromatic heterocycles. The topological polar surface area (TPSA) is 44.8 Å². The van der Waals surface area contributed by atoms with Gasteiger partial charge in [-0.15, -0.1) is 0 Å². The largest absolute Gasteiger partial charge is 0.465 e. The Morgan fingerprint density at radius 1 is 1.19 bits per heavy atom. The fourth-order valence-corrected chi connectivity index (χ4v) is 2.10. The van der Waals surface area contributed by atoms with Gasteiger partial charge in [-0.3, -0.25) is 4.79 Å². The van der Waals surface area contributed by atoms with E-state index >= 15 is 0 Å². The standard InChI is InChI=1S/C12H12O4/c13-12-5-9(6-14-12)3-8-1-2-10-11(4-8)16-7-15-10/h1-2,4,9H,3,5-7H2/t9-/m1/s1. The highest BCUT2D eigenvalue weighted by molar-refractivity contribution is 5.71. The summed E-state index contributed by atoms with van der Waals surface area (Å²) in [4.78, 5) is 11.0. The zero-order valence-electron chi connectivity index (χ0n) is 8.77. The number of esters is 1. The first-order valence-corrected chi connectivity index (χ1v) is 5.35. The number of benzene rings is 1. The van der Waals surface area contributed by atoms with Crippen molar-refractivity contribution in [3.63, 3.8) is 0 Å². The van der Waals surface area contributed by atoms with Crippen LogP contribution in [0.25, 0.3) is 0 Å². The highest BCUT2D eigenvalue weighted by Crippen LogP contribution is 2.33. The molecule has 2 aliphatic rings. The van der Waals surface area contributed by atoms with Gasteiger partial charge in [-0.2, -0.15) is 0 Å². The molecule has 4 heteroatoms. The van der Waals surface area contributed by atoms with Crippen molar-refractivity contribution < 1.29 is 19.0 Å². The molecule has 16 heavy (non-hydrogen) atoms. The monoisotopic (exact) mass is 220 g/mol. The number of rotatable bonds is 2. The minimum atomic E-state index is -0.0919. The van der Waals surface area contributed by atoms with E-state index in [1.54, 1.807) is 0 Å². The molecule has 0 saturated carbocycles. The Morgan fingerprint density at radius 3 is 2.88 bits per heavy atom. The number of hydrogen-bond donors (Lipinski definition) is 0. The molecule has 0 unspecified atom stereocenters. The molecule has 0 bridgehead atoms. The van der Waals surface area contributed by atoms with Gasteiger partial charge in [0.25, 0.3) is 0 Å². The lowest BCUT2D eigenvalue weighted by molar-refractivity contribution is -0.137. The zero-order chi connectivity index (χ0) is 11.0. The zero-order valence-corrected chi connectivity index (χ0v) is 8.77. The molecule has 4 nitrogen and oxygen atoms in total. The van der Waals surface area contributed by atoms with E-state index in [-0.39, 0.29) is 5.97 Å². The summed E-state index contributed by atoms with van der Waals surface area (Å²) in [6.07, 6.45) is 1.37. The van der Waals surface area contributed by atoms with Crippen LogP contribution in [-0.2, 0) is 16.0 Å². The van der Waals surface area contributed by atoms with Gasteiger partial charge in [-0.25, -0.2) is 0 Å². The molecule has 0 radical (unpaired) electrons. The fraction of sp³-hybridized carbons (Fsp3) is 0.417. The fourth-order valence-electron chi connectivity index (χ4n) is 2.10. The molecule has 0 N–H and O–H groups in total. The lowest BCUT2D eigenvalue weighted by atomic mass is 9.98. The molecule has 1 aromatic carbocycles. The Labute approximate surface area is 93.1 Å². The maximum absolute atomic E-state index is 11.0. The first-order chi connectivity index (χ1) is 7.81. The summed E-state index contributed by atoms with van der Waals surface area (Å²) in [5.41, 5.74) is 1.16. The smallest absolute Gasteiger partial charge is 0.306 e. The Morgan fingerprint density at radius 2 is 2.06 bits per heavy atom. The molecule has 1 saturated heterocycles. The maximum Gasteiger partial charge on any atom is 0.306 e. The van der Waals surface area contributed by atoms with Crippen LogP contribution in [0.4, 0.5) is 0 Å².